The van der Waals surface area contributed by atoms with Crippen LogP contribution in [0.1, 0.15) is 35.9 Å². The summed E-state index contributed by atoms with van der Waals surface area (Å²) in [6, 6.07) is 7.16. The van der Waals surface area contributed by atoms with Crippen molar-refractivity contribution in [1.29, 1.82) is 0 Å². The molecule has 2 N–H and O–H groups in total. The molecule has 1 heterocycles. The second-order valence-corrected chi connectivity index (χ2v) is 4.44. The van der Waals surface area contributed by atoms with E-state index in [1.54, 1.807) is 24.5 Å². The average molecular weight is 273 g/mol. The van der Waals surface area contributed by atoms with Crippen molar-refractivity contribution in [1.82, 2.24) is 15.3 Å². The molecule has 0 spiro atoms. The molecule has 1 amide bonds. The fourth-order valence-electron chi connectivity index (χ4n) is 1.70. The molecule has 5 heteroatoms. The Kier molecular flexibility index (Phi) is 5.17. The molecule has 0 saturated carbocycles. The number of aromatic nitrogens is 2. The van der Waals surface area contributed by atoms with Gasteiger partial charge in [-0.05, 0) is 30.7 Å². The lowest BCUT2D eigenvalue weighted by atomic mass is 10.2. The molecule has 106 valence electrons. The minimum absolute atomic E-state index is 0.124. The smallest absolute Gasteiger partial charge is 0.251 e. The predicted octanol–water partition coefficient (Wildman–Crippen LogP) is 2.52. The summed E-state index contributed by atoms with van der Waals surface area (Å²) in [5, 5.41) is 2.80. The number of H-pyrrole nitrogens is 1. The molecule has 0 aliphatic rings. The predicted molar refractivity (Wildman–Crippen MR) is 76.6 cm³/mol. The monoisotopic (exact) mass is 273 g/mol. The molecule has 1 aromatic carbocycles. The van der Waals surface area contributed by atoms with Crippen LogP contribution in [0, 0.1) is 0 Å². The fourth-order valence-corrected chi connectivity index (χ4v) is 1.70. The first-order valence-electron chi connectivity index (χ1n) is 6.79. The van der Waals surface area contributed by atoms with Crippen LogP contribution in [0.2, 0.25) is 0 Å². The van der Waals surface area contributed by atoms with E-state index in [4.69, 9.17) is 4.74 Å². The Hall–Kier alpha value is -2.30. The highest BCUT2D eigenvalue weighted by Crippen LogP contribution is 2.12. The minimum Gasteiger partial charge on any atom is -0.494 e. The maximum Gasteiger partial charge on any atom is 0.251 e. The highest BCUT2D eigenvalue weighted by Gasteiger charge is 2.06. The van der Waals surface area contributed by atoms with Crippen LogP contribution >= 0.6 is 0 Å². The number of rotatable bonds is 7. The molecular formula is C15H19N3O2. The number of carbonyl (C=O) groups excluding carboxylic acids is 1. The molecular weight excluding hydrogens is 254 g/mol. The summed E-state index contributed by atoms with van der Waals surface area (Å²) in [4.78, 5) is 18.9. The van der Waals surface area contributed by atoms with Gasteiger partial charge >= 0.3 is 0 Å². The van der Waals surface area contributed by atoms with Gasteiger partial charge in [0.25, 0.3) is 5.91 Å². The molecule has 0 saturated heterocycles. The minimum atomic E-state index is -0.124. The third kappa shape index (κ3) is 4.12. The van der Waals surface area contributed by atoms with Gasteiger partial charge in [0.05, 0.1) is 13.2 Å². The summed E-state index contributed by atoms with van der Waals surface area (Å²) in [7, 11) is 0. The van der Waals surface area contributed by atoms with Crippen molar-refractivity contribution in [3.63, 3.8) is 0 Å². The lowest BCUT2D eigenvalue weighted by Gasteiger charge is -2.07. The van der Waals surface area contributed by atoms with Crippen molar-refractivity contribution in [3.8, 4) is 5.75 Å². The number of carbonyl (C=O) groups is 1. The second kappa shape index (κ2) is 7.33. The molecule has 0 aliphatic carbocycles. The quantitative estimate of drug-likeness (QED) is 0.762. The van der Waals surface area contributed by atoms with Crippen LogP contribution in [-0.2, 0) is 6.54 Å². The number of hydrogen-bond donors (Lipinski definition) is 2. The normalized spacial score (nSPS) is 10.2. The largest absolute Gasteiger partial charge is 0.494 e. The van der Waals surface area contributed by atoms with Crippen molar-refractivity contribution in [2.45, 2.75) is 26.3 Å². The number of ether oxygens (including phenoxy) is 1. The molecule has 0 aliphatic heterocycles. The van der Waals surface area contributed by atoms with Crippen molar-refractivity contribution in [2.24, 2.45) is 0 Å². The van der Waals surface area contributed by atoms with Gasteiger partial charge in [-0.25, -0.2) is 4.98 Å². The topological polar surface area (TPSA) is 67.0 Å². The Morgan fingerprint density at radius 2 is 2.15 bits per heavy atom. The summed E-state index contributed by atoms with van der Waals surface area (Å²) in [6.45, 7) is 3.22. The van der Waals surface area contributed by atoms with Crippen LogP contribution in [0.5, 0.6) is 5.75 Å². The van der Waals surface area contributed by atoms with Gasteiger partial charge in [0.15, 0.2) is 0 Å². The maximum absolute atomic E-state index is 11.9. The molecule has 2 aromatic rings. The Morgan fingerprint density at radius 1 is 1.35 bits per heavy atom. The van der Waals surface area contributed by atoms with Crippen LogP contribution in [0.4, 0.5) is 0 Å². The fraction of sp³-hybridized carbons (Fsp3) is 0.333. The Balaban J connectivity index is 1.84. The Morgan fingerprint density at radius 3 is 2.80 bits per heavy atom. The van der Waals surface area contributed by atoms with Gasteiger partial charge in [-0.1, -0.05) is 13.3 Å². The van der Waals surface area contributed by atoms with Crippen LogP contribution in [0.25, 0.3) is 0 Å². The van der Waals surface area contributed by atoms with Gasteiger partial charge in [0, 0.05) is 18.0 Å². The first kappa shape index (κ1) is 14.1. The number of nitrogens with zero attached hydrogens (tertiary/aromatic N) is 1. The summed E-state index contributed by atoms with van der Waals surface area (Å²) >= 11 is 0. The van der Waals surface area contributed by atoms with Gasteiger partial charge in [0.1, 0.15) is 11.6 Å². The number of aromatic amines is 1. The summed E-state index contributed by atoms with van der Waals surface area (Å²) in [5.74, 6) is 1.40. The molecule has 2 rings (SSSR count). The van der Waals surface area contributed by atoms with E-state index in [0.717, 1.165) is 24.4 Å². The van der Waals surface area contributed by atoms with Crippen molar-refractivity contribution < 1.29 is 9.53 Å². The number of imidazole rings is 1. The highest BCUT2D eigenvalue weighted by atomic mass is 16.5. The molecule has 20 heavy (non-hydrogen) atoms. The zero-order valence-corrected chi connectivity index (χ0v) is 11.6. The van der Waals surface area contributed by atoms with E-state index in [9.17, 15) is 4.79 Å². The first-order valence-corrected chi connectivity index (χ1v) is 6.79. The average Bonchev–Trinajstić information content (AvgIpc) is 2.99. The molecule has 0 fully saturated rings. The van der Waals surface area contributed by atoms with E-state index in [1.807, 2.05) is 12.1 Å². The van der Waals surface area contributed by atoms with Crippen LogP contribution in [-0.4, -0.2) is 22.5 Å². The van der Waals surface area contributed by atoms with Crippen molar-refractivity contribution in [2.75, 3.05) is 6.61 Å². The first-order chi connectivity index (χ1) is 9.79. The molecule has 0 bridgehead atoms. The summed E-state index contributed by atoms with van der Waals surface area (Å²) in [6.07, 6.45) is 5.52. The van der Waals surface area contributed by atoms with E-state index in [-0.39, 0.29) is 5.91 Å². The highest BCUT2D eigenvalue weighted by molar-refractivity contribution is 5.94. The van der Waals surface area contributed by atoms with E-state index in [1.165, 1.54) is 0 Å². The number of nitrogens with one attached hydrogen (secondary N) is 2. The molecule has 1 aromatic heterocycles. The van der Waals surface area contributed by atoms with Crippen molar-refractivity contribution >= 4 is 5.91 Å². The third-order valence-electron chi connectivity index (χ3n) is 2.85. The van der Waals surface area contributed by atoms with Crippen LogP contribution in [0.3, 0.4) is 0 Å². The standard InChI is InChI=1S/C15H19N3O2/c1-2-3-10-20-13-6-4-12(5-7-13)15(19)18-11-14-16-8-9-17-14/h4-9H,2-3,10-11H2,1H3,(H,16,17)(H,18,19). The van der Waals surface area contributed by atoms with E-state index >= 15 is 0 Å². The van der Waals surface area contributed by atoms with Crippen LogP contribution in [0.15, 0.2) is 36.7 Å². The van der Waals surface area contributed by atoms with Crippen molar-refractivity contribution in [3.05, 3.63) is 48.0 Å². The number of amides is 1. The molecule has 0 radical (unpaired) electrons. The molecule has 0 unspecified atom stereocenters. The Bertz CT molecular complexity index is 521. The number of unbranched alkanes of at least 4 members (excludes halogenated alkanes) is 1. The van der Waals surface area contributed by atoms with Gasteiger partial charge in [-0.3, -0.25) is 4.79 Å². The van der Waals surface area contributed by atoms with Gasteiger partial charge in [0.2, 0.25) is 0 Å². The molecule has 5 nitrogen and oxygen atoms in total. The lowest BCUT2D eigenvalue weighted by molar-refractivity contribution is 0.0950. The zero-order valence-electron chi connectivity index (χ0n) is 11.6. The van der Waals surface area contributed by atoms with Gasteiger partial charge < -0.3 is 15.0 Å². The van der Waals surface area contributed by atoms with Gasteiger partial charge in [-0.2, -0.15) is 0 Å². The Labute approximate surface area is 118 Å². The SMILES string of the molecule is CCCCOc1ccc(C(=O)NCc2ncc[nH]2)cc1. The number of benzene rings is 1. The maximum atomic E-state index is 11.9. The van der Waals surface area contributed by atoms with Gasteiger partial charge in [-0.15, -0.1) is 0 Å². The van der Waals surface area contributed by atoms with E-state index < -0.39 is 0 Å². The van der Waals surface area contributed by atoms with E-state index in [2.05, 4.69) is 22.2 Å². The van der Waals surface area contributed by atoms with E-state index in [0.29, 0.717) is 18.7 Å². The third-order valence-corrected chi connectivity index (χ3v) is 2.85. The summed E-state index contributed by atoms with van der Waals surface area (Å²) < 4.78 is 5.55. The molecule has 0 atom stereocenters. The lowest BCUT2D eigenvalue weighted by Crippen LogP contribution is -2.23. The number of hydrogen-bond acceptors (Lipinski definition) is 3. The zero-order chi connectivity index (χ0) is 14.2. The van der Waals surface area contributed by atoms with Crippen LogP contribution < -0.4 is 10.1 Å². The second-order valence-electron chi connectivity index (χ2n) is 4.44. The summed E-state index contributed by atoms with van der Waals surface area (Å²) in [5.41, 5.74) is 0.611.